The molecule has 0 spiro atoms. The predicted molar refractivity (Wildman–Crippen MR) is 128 cm³/mol. The van der Waals surface area contributed by atoms with E-state index in [2.05, 4.69) is 11.1 Å². The maximum atomic E-state index is 9.67. The fourth-order valence-electron chi connectivity index (χ4n) is 3.80. The summed E-state index contributed by atoms with van der Waals surface area (Å²) in [6.07, 6.45) is 4.90. The number of hydrazine groups is 1. The second-order valence-corrected chi connectivity index (χ2v) is 7.83. The number of aromatic nitrogens is 2. The van der Waals surface area contributed by atoms with Crippen molar-refractivity contribution in [3.63, 3.8) is 0 Å². The Bertz CT molecular complexity index is 1200. The van der Waals surface area contributed by atoms with Crippen molar-refractivity contribution in [2.24, 2.45) is 5.84 Å². The van der Waals surface area contributed by atoms with Gasteiger partial charge in [-0.15, -0.1) is 0 Å². The molecule has 3 N–H and O–H groups in total. The summed E-state index contributed by atoms with van der Waals surface area (Å²) in [6, 6.07) is 15.1. The van der Waals surface area contributed by atoms with Crippen LogP contribution in [0.1, 0.15) is 29.8 Å². The highest BCUT2D eigenvalue weighted by atomic mass is 16.5. The molecule has 1 aromatic heterocycles. The Balaban J connectivity index is 1.54. The first-order valence-corrected chi connectivity index (χ1v) is 10.9. The van der Waals surface area contributed by atoms with Crippen molar-refractivity contribution in [1.82, 2.24) is 9.97 Å². The van der Waals surface area contributed by atoms with Crippen LogP contribution in [-0.2, 0) is 11.2 Å². The molecule has 9 heteroatoms. The van der Waals surface area contributed by atoms with Gasteiger partial charge in [0.25, 0.3) is 0 Å². The molecule has 0 radical (unpaired) electrons. The van der Waals surface area contributed by atoms with Gasteiger partial charge in [0.15, 0.2) is 0 Å². The van der Waals surface area contributed by atoms with E-state index in [-0.39, 0.29) is 6.10 Å². The highest BCUT2D eigenvalue weighted by Crippen LogP contribution is 2.29. The second kappa shape index (κ2) is 10.7. The van der Waals surface area contributed by atoms with Gasteiger partial charge in [0.05, 0.1) is 31.6 Å². The van der Waals surface area contributed by atoms with Crippen LogP contribution in [0.3, 0.4) is 0 Å². The lowest BCUT2D eigenvalue weighted by molar-refractivity contribution is 0.0254. The molecule has 1 fully saturated rings. The van der Waals surface area contributed by atoms with Crippen molar-refractivity contribution in [3.8, 4) is 28.8 Å². The van der Waals surface area contributed by atoms with E-state index in [0.717, 1.165) is 36.0 Å². The summed E-state index contributed by atoms with van der Waals surface area (Å²) in [5.74, 6) is 7.56. The number of benzene rings is 2. The fraction of sp³-hybridized carbons (Fsp3) is 0.280. The van der Waals surface area contributed by atoms with Crippen LogP contribution >= 0.6 is 0 Å². The first-order valence-electron chi connectivity index (χ1n) is 10.9. The molecule has 9 nitrogen and oxygen atoms in total. The molecule has 2 heterocycles. The van der Waals surface area contributed by atoms with E-state index in [1.165, 1.54) is 5.01 Å². The maximum Gasteiger partial charge on any atom is 0.144 e. The Kier molecular flexibility index (Phi) is 7.32. The van der Waals surface area contributed by atoms with Crippen molar-refractivity contribution < 1.29 is 14.2 Å². The zero-order valence-corrected chi connectivity index (χ0v) is 18.9. The Hall–Kier alpha value is -4.00. The molecular weight excluding hydrogens is 432 g/mol. The van der Waals surface area contributed by atoms with E-state index in [9.17, 15) is 5.26 Å². The zero-order chi connectivity index (χ0) is 23.9. The molecule has 1 aliphatic heterocycles. The van der Waals surface area contributed by atoms with E-state index in [1.54, 1.807) is 25.4 Å². The highest BCUT2D eigenvalue weighted by Gasteiger charge is 2.18. The molecule has 0 unspecified atom stereocenters. The van der Waals surface area contributed by atoms with Gasteiger partial charge in [0.2, 0.25) is 0 Å². The summed E-state index contributed by atoms with van der Waals surface area (Å²) in [4.78, 5) is 9.10. The molecule has 1 aliphatic rings. The lowest BCUT2D eigenvalue weighted by Crippen LogP contribution is -2.28. The Morgan fingerprint density at radius 2 is 2.03 bits per heavy atom. The maximum absolute atomic E-state index is 9.67. The topological polar surface area (TPSA) is 130 Å². The van der Waals surface area contributed by atoms with Crippen LogP contribution in [0.25, 0.3) is 11.3 Å². The molecule has 0 bridgehead atoms. The van der Waals surface area contributed by atoms with Crippen LogP contribution < -0.4 is 20.3 Å². The number of ether oxygens (including phenoxy) is 3. The minimum atomic E-state index is 0.0612. The molecular formula is C25H26N6O3. The molecule has 3 aromatic rings. The van der Waals surface area contributed by atoms with Gasteiger partial charge in [0.1, 0.15) is 41.5 Å². The smallest absolute Gasteiger partial charge is 0.144 e. The molecule has 0 aliphatic carbocycles. The monoisotopic (exact) mass is 458 g/mol. The predicted octanol–water partition coefficient (Wildman–Crippen LogP) is 3.46. The van der Waals surface area contributed by atoms with Crippen LogP contribution in [0.15, 0.2) is 48.7 Å². The average molecular weight is 459 g/mol. The van der Waals surface area contributed by atoms with Crippen molar-refractivity contribution in [2.45, 2.75) is 25.4 Å². The molecule has 4 rings (SSSR count). The van der Waals surface area contributed by atoms with Crippen LogP contribution in [0, 0.1) is 16.7 Å². The molecule has 34 heavy (non-hydrogen) atoms. The second-order valence-electron chi connectivity index (χ2n) is 7.83. The largest absolute Gasteiger partial charge is 0.495 e. The third-order valence-corrected chi connectivity index (χ3v) is 5.59. The van der Waals surface area contributed by atoms with E-state index in [4.69, 9.17) is 30.4 Å². The van der Waals surface area contributed by atoms with Gasteiger partial charge in [-0.25, -0.2) is 15.8 Å². The van der Waals surface area contributed by atoms with E-state index in [1.807, 2.05) is 30.3 Å². The van der Waals surface area contributed by atoms with Crippen molar-refractivity contribution >= 4 is 12.0 Å². The lowest BCUT2D eigenvalue weighted by Gasteiger charge is -2.23. The highest BCUT2D eigenvalue weighted by molar-refractivity contribution is 5.79. The summed E-state index contributed by atoms with van der Waals surface area (Å²) < 4.78 is 16.8. The summed E-state index contributed by atoms with van der Waals surface area (Å²) >= 11 is 0. The number of hydrogen-bond acceptors (Lipinski definition) is 8. The van der Waals surface area contributed by atoms with Crippen molar-refractivity contribution in [1.29, 1.82) is 10.7 Å². The number of nitriles is 1. The minimum Gasteiger partial charge on any atom is -0.495 e. The lowest BCUT2D eigenvalue weighted by atomic mass is 10.1. The molecule has 0 atom stereocenters. The van der Waals surface area contributed by atoms with Gasteiger partial charge in [0, 0.05) is 31.0 Å². The normalized spacial score (nSPS) is 13.7. The minimum absolute atomic E-state index is 0.0612. The van der Waals surface area contributed by atoms with Crippen molar-refractivity contribution in [3.05, 3.63) is 65.6 Å². The number of anilines is 1. The first kappa shape index (κ1) is 23.2. The third-order valence-electron chi connectivity index (χ3n) is 5.59. The Morgan fingerprint density at radius 3 is 2.76 bits per heavy atom. The summed E-state index contributed by atoms with van der Waals surface area (Å²) in [7, 11) is 1.56. The number of methoxy groups -OCH3 is 1. The SMILES string of the molecule is COc1cc(Cc2nccc(-c3ccc(OC4CCOCC4)c(C#N)c3)n2)ccc1N(N)C=N. The molecule has 1 saturated heterocycles. The molecule has 174 valence electrons. The number of nitrogens with two attached hydrogens (primary N) is 1. The van der Waals surface area contributed by atoms with Gasteiger partial charge in [-0.2, -0.15) is 5.26 Å². The summed E-state index contributed by atoms with van der Waals surface area (Å²) in [6.45, 7) is 1.35. The van der Waals surface area contributed by atoms with E-state index in [0.29, 0.717) is 48.2 Å². The quantitative estimate of drug-likeness (QED) is 0.227. The van der Waals surface area contributed by atoms with Crippen LogP contribution in [0.4, 0.5) is 5.69 Å². The average Bonchev–Trinajstić information content (AvgIpc) is 2.89. The first-order chi connectivity index (χ1) is 16.6. The number of rotatable bonds is 8. The van der Waals surface area contributed by atoms with Gasteiger partial charge in [-0.3, -0.25) is 10.4 Å². The van der Waals surface area contributed by atoms with E-state index >= 15 is 0 Å². The zero-order valence-electron chi connectivity index (χ0n) is 18.9. The van der Waals surface area contributed by atoms with Crippen LogP contribution in [0.2, 0.25) is 0 Å². The summed E-state index contributed by atoms with van der Waals surface area (Å²) in [5.41, 5.74) is 3.54. The van der Waals surface area contributed by atoms with Gasteiger partial charge in [-0.05, 0) is 42.0 Å². The Labute approximate surface area is 198 Å². The summed E-state index contributed by atoms with van der Waals surface area (Å²) in [5, 5.41) is 18.2. The molecule has 0 amide bonds. The number of nitrogens with one attached hydrogen (secondary N) is 1. The Morgan fingerprint density at radius 1 is 1.21 bits per heavy atom. The molecule has 0 saturated carbocycles. The van der Waals surface area contributed by atoms with Gasteiger partial charge < -0.3 is 14.2 Å². The standard InChI is InChI=1S/C25H26N6O3/c1-32-24-12-17(2-4-22(24)31(28)16-27)13-25-29-9-6-21(30-25)18-3-5-23(19(14-18)15-26)34-20-7-10-33-11-8-20/h2-6,9,12,14,16,20,27H,7-8,10-11,13,28H2,1H3. The van der Waals surface area contributed by atoms with Gasteiger partial charge >= 0.3 is 0 Å². The molecule has 2 aromatic carbocycles. The van der Waals surface area contributed by atoms with Crippen LogP contribution in [-0.4, -0.2) is 42.7 Å². The van der Waals surface area contributed by atoms with Gasteiger partial charge in [-0.1, -0.05) is 6.07 Å². The van der Waals surface area contributed by atoms with Crippen molar-refractivity contribution in [2.75, 3.05) is 25.3 Å². The third kappa shape index (κ3) is 5.31. The number of nitrogens with zero attached hydrogens (tertiary/aromatic N) is 4. The van der Waals surface area contributed by atoms with Crippen LogP contribution in [0.5, 0.6) is 11.5 Å². The fourth-order valence-corrected chi connectivity index (χ4v) is 3.80. The van der Waals surface area contributed by atoms with E-state index < -0.39 is 0 Å². The number of hydrogen-bond donors (Lipinski definition) is 2.